The van der Waals surface area contributed by atoms with Gasteiger partial charge in [-0.2, -0.15) is 22.0 Å². The van der Waals surface area contributed by atoms with Crippen molar-refractivity contribution in [2.45, 2.75) is 12.8 Å². The maximum absolute atomic E-state index is 14.5. The normalized spacial score (nSPS) is 10.6. The van der Waals surface area contributed by atoms with Gasteiger partial charge in [0.05, 0.1) is 71.7 Å². The van der Waals surface area contributed by atoms with Gasteiger partial charge in [0.2, 0.25) is 0 Å². The molecular formula is C47H40Cl2F10N8O13. The van der Waals surface area contributed by atoms with E-state index in [-0.39, 0.29) is 67.7 Å². The lowest BCUT2D eigenvalue weighted by molar-refractivity contribution is -0.140. The van der Waals surface area contributed by atoms with Gasteiger partial charge in [-0.05, 0) is 36.4 Å². The number of carboxylic acids is 1. The Morgan fingerprint density at radius 2 is 1.09 bits per heavy atom. The molecular weight excluding hydrogens is 1150 g/mol. The van der Waals surface area contributed by atoms with Gasteiger partial charge in [0.15, 0.2) is 79.9 Å². The van der Waals surface area contributed by atoms with Crippen LogP contribution in [0.3, 0.4) is 0 Å². The Labute approximate surface area is 453 Å². The zero-order valence-electron chi connectivity index (χ0n) is 41.8. The number of nitrogen functional groups attached to an aromatic ring is 4. The van der Waals surface area contributed by atoms with E-state index >= 15 is 0 Å². The third-order valence-corrected chi connectivity index (χ3v) is 10.3. The molecule has 4 aromatic heterocycles. The van der Waals surface area contributed by atoms with E-state index in [4.69, 9.17) is 65.5 Å². The number of alkyl halides is 5. The summed E-state index contributed by atoms with van der Waals surface area (Å²) in [7, 11) is 8.09. The van der Waals surface area contributed by atoms with Crippen LogP contribution in [0.2, 0.25) is 10.2 Å². The van der Waals surface area contributed by atoms with Crippen LogP contribution in [0, 0.1) is 29.1 Å². The molecule has 80 heavy (non-hydrogen) atoms. The Kier molecular flexibility index (Phi) is 22.7. The number of anilines is 4. The van der Waals surface area contributed by atoms with Crippen molar-refractivity contribution in [1.29, 1.82) is 0 Å². The second-order valence-electron chi connectivity index (χ2n) is 14.5. The van der Waals surface area contributed by atoms with Gasteiger partial charge in [-0.25, -0.2) is 61.1 Å². The Balaban J connectivity index is 0.000000287. The van der Waals surface area contributed by atoms with Gasteiger partial charge < -0.3 is 65.9 Å². The highest BCUT2D eigenvalue weighted by molar-refractivity contribution is 6.32. The van der Waals surface area contributed by atoms with E-state index in [9.17, 15) is 63.1 Å². The molecule has 0 amide bonds. The minimum absolute atomic E-state index is 0.0163. The maximum atomic E-state index is 14.5. The van der Waals surface area contributed by atoms with Crippen molar-refractivity contribution in [1.82, 2.24) is 19.9 Å². The lowest BCUT2D eigenvalue weighted by atomic mass is 10.1. The van der Waals surface area contributed by atoms with Gasteiger partial charge in [-0.3, -0.25) is 0 Å². The van der Waals surface area contributed by atoms with Crippen LogP contribution in [0.15, 0.2) is 43.0 Å². The first-order valence-electron chi connectivity index (χ1n) is 21.0. The highest BCUT2D eigenvalue weighted by Crippen LogP contribution is 2.40. The summed E-state index contributed by atoms with van der Waals surface area (Å²) in [5, 5.41) is 8.56. The molecule has 0 aliphatic carbocycles. The molecule has 0 unspecified atom stereocenters. The zero-order chi connectivity index (χ0) is 60.8. The van der Waals surface area contributed by atoms with Crippen LogP contribution in [0.25, 0.3) is 28.6 Å². The molecule has 0 radical (unpaired) electrons. The molecule has 0 spiro atoms. The standard InChI is InChI=1S/C15H12ClF3N2O4.C14H9F5N2O3.C10H11FN2O3.C8H8ClFN2O3/c1-23-12-7(16)4-3-6(10(12)17)9-5-8(20)13(25-15(18)19)11(21-9)14(22)24-2;1-24-12-9(20)8(16)10(21-11(12)13(22)23)5-2-3-6(7(15)4-5)14(17,18)19;1-4-5-6(11)7(12)9(15-2)8(13-5)10(14)16-3;1-14-6-4(11)3(10)7(9)12-5(6)8(13)15-2/h3-5,15H,1-2H3,(H2,20,21);2-4H,1H3,(H2,20,21)(H,22,23);4H,1H2,2-3H3,(H2,12,13);1-2H3,(H2,11,12). The van der Waals surface area contributed by atoms with Crippen LogP contribution in [-0.4, -0.2) is 105 Å². The van der Waals surface area contributed by atoms with Crippen LogP contribution < -0.4 is 46.6 Å². The summed E-state index contributed by atoms with van der Waals surface area (Å²) in [6.07, 6.45) is -3.78. The Hall–Kier alpha value is -9.26. The predicted octanol–water partition coefficient (Wildman–Crippen LogP) is 9.35. The highest BCUT2D eigenvalue weighted by Gasteiger charge is 2.35. The van der Waals surface area contributed by atoms with Crippen LogP contribution in [-0.2, 0) is 20.4 Å². The molecule has 6 rings (SSSR count). The van der Waals surface area contributed by atoms with E-state index in [1.54, 1.807) is 0 Å². The molecule has 21 nitrogen and oxygen atoms in total. The molecule has 6 aromatic rings. The largest absolute Gasteiger partial charge is 0.492 e. The van der Waals surface area contributed by atoms with Gasteiger partial charge in [0.25, 0.3) is 0 Å². The fourth-order valence-corrected chi connectivity index (χ4v) is 6.61. The average Bonchev–Trinajstić information content (AvgIpc) is 3.43. The number of nitrogens with two attached hydrogens (primary N) is 4. The topological polar surface area (TPSA) is 318 Å². The monoisotopic (exact) mass is 1180 g/mol. The summed E-state index contributed by atoms with van der Waals surface area (Å²) in [6, 6.07) is 5.25. The SMILES string of the molecule is C=Cc1nc(C(=O)OC)c(OC)c(N)c1F.COC(=O)c1nc(-c2ccc(Cl)c(OC)c2F)cc(N)c1OC(F)F.COC(=O)c1nc(Cl)c(F)c(N)c1OC.COc1c(C(=O)O)nc(-c2ccc(C(F)(F)F)c(F)c2)c(F)c1N. The first-order chi connectivity index (χ1) is 37.5. The number of rotatable bonds is 13. The maximum Gasteiger partial charge on any atom is 0.419 e. The number of ether oxygens (including phenoxy) is 8. The van der Waals surface area contributed by atoms with Crippen LogP contribution in [0.1, 0.15) is 53.2 Å². The molecule has 9 N–H and O–H groups in total. The van der Waals surface area contributed by atoms with Gasteiger partial charge in [0.1, 0.15) is 34.3 Å². The Morgan fingerprint density at radius 1 is 0.613 bits per heavy atom. The van der Waals surface area contributed by atoms with Crippen molar-refractivity contribution in [2.24, 2.45) is 0 Å². The molecule has 4 heterocycles. The predicted molar refractivity (Wildman–Crippen MR) is 264 cm³/mol. The number of hydrogen-bond acceptors (Lipinski definition) is 20. The molecule has 0 aliphatic heterocycles. The number of esters is 3. The van der Waals surface area contributed by atoms with Gasteiger partial charge >= 0.3 is 36.7 Å². The van der Waals surface area contributed by atoms with E-state index in [0.717, 1.165) is 39.5 Å². The molecule has 0 atom stereocenters. The van der Waals surface area contributed by atoms with Crippen molar-refractivity contribution in [3.63, 3.8) is 0 Å². The number of carboxylic acid groups (broad SMARTS) is 1. The number of aromatic carboxylic acids is 1. The number of methoxy groups -OCH3 is 7. The fourth-order valence-electron chi connectivity index (χ4n) is 6.20. The first kappa shape index (κ1) is 65.0. The zero-order valence-corrected chi connectivity index (χ0v) is 43.3. The smallest absolute Gasteiger partial charge is 0.419 e. The number of nitrogens with zero attached hydrogens (tertiary/aromatic N) is 4. The van der Waals surface area contributed by atoms with E-state index in [1.165, 1.54) is 40.6 Å². The van der Waals surface area contributed by atoms with E-state index in [0.29, 0.717) is 12.1 Å². The summed E-state index contributed by atoms with van der Waals surface area (Å²) in [5.74, 6) is -11.5. The minimum atomic E-state index is -4.93. The third-order valence-electron chi connectivity index (χ3n) is 9.80. The fraction of sp³-hybridized carbons (Fsp3) is 0.191. The first-order valence-corrected chi connectivity index (χ1v) is 21.7. The number of carbonyl (C=O) groups is 4. The average molecular weight is 1190 g/mol. The summed E-state index contributed by atoms with van der Waals surface area (Å²) in [6.45, 7) is 0.119. The molecule has 430 valence electrons. The van der Waals surface area contributed by atoms with Crippen molar-refractivity contribution in [2.75, 3.05) is 72.7 Å². The molecule has 0 aliphatic rings. The molecule has 33 heteroatoms. The highest BCUT2D eigenvalue weighted by atomic mass is 35.5. The number of pyridine rings is 4. The second-order valence-corrected chi connectivity index (χ2v) is 15.2. The Bertz CT molecular complexity index is 3350. The van der Waals surface area contributed by atoms with Crippen molar-refractivity contribution in [3.05, 3.63) is 116 Å². The van der Waals surface area contributed by atoms with Gasteiger partial charge in [-0.1, -0.05) is 35.8 Å². The molecule has 0 fully saturated rings. The van der Waals surface area contributed by atoms with Gasteiger partial charge in [-0.15, -0.1) is 0 Å². The lowest BCUT2D eigenvalue weighted by Crippen LogP contribution is -2.14. The van der Waals surface area contributed by atoms with Crippen molar-refractivity contribution < 1.29 is 106 Å². The number of hydrogen-bond donors (Lipinski definition) is 5. The van der Waals surface area contributed by atoms with Crippen LogP contribution in [0.5, 0.6) is 28.7 Å². The lowest BCUT2D eigenvalue weighted by Gasteiger charge is -2.14. The van der Waals surface area contributed by atoms with E-state index < -0.39 is 116 Å². The summed E-state index contributed by atoms with van der Waals surface area (Å²) < 4.78 is 168. The van der Waals surface area contributed by atoms with Crippen LogP contribution >= 0.6 is 23.2 Å². The van der Waals surface area contributed by atoms with Crippen LogP contribution in [0.4, 0.5) is 66.7 Å². The van der Waals surface area contributed by atoms with Crippen molar-refractivity contribution >= 4 is 75.9 Å². The number of halogens is 12. The third kappa shape index (κ3) is 14.6. The molecule has 0 bridgehead atoms. The number of carbonyl (C=O) groups excluding carboxylic acids is 3. The van der Waals surface area contributed by atoms with E-state index in [2.05, 4.69) is 50.2 Å². The van der Waals surface area contributed by atoms with Gasteiger partial charge in [0, 0.05) is 11.1 Å². The second kappa shape index (κ2) is 27.9. The number of aromatic nitrogens is 4. The summed E-state index contributed by atoms with van der Waals surface area (Å²) in [4.78, 5) is 60.0. The minimum Gasteiger partial charge on any atom is -0.492 e. The summed E-state index contributed by atoms with van der Waals surface area (Å²) >= 11 is 11.2. The number of benzene rings is 2. The van der Waals surface area contributed by atoms with Crippen molar-refractivity contribution in [3.8, 4) is 51.3 Å². The molecule has 0 saturated heterocycles. The Morgan fingerprint density at radius 3 is 1.54 bits per heavy atom. The molecule has 2 aromatic carbocycles. The van der Waals surface area contributed by atoms with E-state index in [1.807, 2.05) is 0 Å². The quantitative estimate of drug-likeness (QED) is 0.0311. The summed E-state index contributed by atoms with van der Waals surface area (Å²) in [5.41, 5.74) is 15.3. The molecule has 0 saturated carbocycles.